The fraction of sp³-hybridized carbons (Fsp3) is 0.171. The van der Waals surface area contributed by atoms with E-state index in [0.717, 1.165) is 12.8 Å². The van der Waals surface area contributed by atoms with Gasteiger partial charge in [-0.2, -0.15) is 0 Å². The Kier molecular flexibility index (Phi) is 5.78. The fourth-order valence-corrected chi connectivity index (χ4v) is 7.60. The highest BCUT2D eigenvalue weighted by molar-refractivity contribution is 6.12. The lowest BCUT2D eigenvalue weighted by molar-refractivity contribution is 0.630. The maximum absolute atomic E-state index is 2.50. The predicted molar refractivity (Wildman–Crippen MR) is 183 cm³/mol. The van der Waals surface area contributed by atoms with Crippen LogP contribution in [0.4, 0.5) is 11.4 Å². The molecule has 0 radical (unpaired) electrons. The van der Waals surface area contributed by atoms with Crippen LogP contribution in [0, 0.1) is 0 Å². The van der Waals surface area contributed by atoms with Gasteiger partial charge < -0.3 is 9.47 Å². The molecule has 0 saturated heterocycles. The Hall–Kier alpha value is -4.82. The summed E-state index contributed by atoms with van der Waals surface area (Å²) in [4.78, 5) is 2.46. The van der Waals surface area contributed by atoms with Crippen LogP contribution in [0.3, 0.4) is 0 Å². The molecule has 0 amide bonds. The maximum Gasteiger partial charge on any atom is 0.0582 e. The standard InChI is InChI=1S/C41H36N2/c1-5-12-31(6-2)42-36-17-9-7-13-27(36)19-20-28-21-22-30(26-39(28)42)29-23-24-37-33(25-29)32-14-11-16-35-40(32)43(37)38-18-10-8-15-34(38)41(35,3)4/h5-18,21-26H,19-20H2,1-4H3/b12-5-,31-6+. The van der Waals surface area contributed by atoms with E-state index in [1.807, 2.05) is 0 Å². The highest BCUT2D eigenvalue weighted by Gasteiger charge is 2.34. The van der Waals surface area contributed by atoms with E-state index in [1.54, 1.807) is 0 Å². The van der Waals surface area contributed by atoms with E-state index < -0.39 is 0 Å². The highest BCUT2D eigenvalue weighted by Crippen LogP contribution is 2.48. The second-order valence-electron chi connectivity index (χ2n) is 12.4. The van der Waals surface area contributed by atoms with Crippen molar-refractivity contribution in [3.63, 3.8) is 0 Å². The van der Waals surface area contributed by atoms with Crippen molar-refractivity contribution in [3.05, 3.63) is 149 Å². The summed E-state index contributed by atoms with van der Waals surface area (Å²) in [5.74, 6) is 0. The molecule has 2 heteroatoms. The van der Waals surface area contributed by atoms with Crippen LogP contribution in [-0.4, -0.2) is 4.57 Å². The summed E-state index contributed by atoms with van der Waals surface area (Å²) in [6.07, 6.45) is 8.64. The van der Waals surface area contributed by atoms with Crippen molar-refractivity contribution in [3.8, 4) is 16.8 Å². The number of aryl methyl sites for hydroxylation is 2. The number of fused-ring (bicyclic) bond motifs is 7. The van der Waals surface area contributed by atoms with Gasteiger partial charge in [0.2, 0.25) is 0 Å². The lowest BCUT2D eigenvalue weighted by Gasteiger charge is -2.34. The second-order valence-corrected chi connectivity index (χ2v) is 12.4. The topological polar surface area (TPSA) is 8.17 Å². The van der Waals surface area contributed by atoms with Gasteiger partial charge in [0.1, 0.15) is 0 Å². The first-order chi connectivity index (χ1) is 21.0. The van der Waals surface area contributed by atoms with E-state index >= 15 is 0 Å². The molecule has 0 fully saturated rings. The first-order valence-electron chi connectivity index (χ1n) is 15.5. The van der Waals surface area contributed by atoms with E-state index in [4.69, 9.17) is 0 Å². The normalized spacial score (nSPS) is 15.4. The molecule has 8 rings (SSSR count). The predicted octanol–water partition coefficient (Wildman–Crippen LogP) is 10.8. The Morgan fingerprint density at radius 1 is 0.651 bits per heavy atom. The molecule has 210 valence electrons. The van der Waals surface area contributed by atoms with Crippen LogP contribution in [0.1, 0.15) is 49.9 Å². The third-order valence-corrected chi connectivity index (χ3v) is 9.73. The number of benzene rings is 5. The van der Waals surface area contributed by atoms with Crippen LogP contribution in [-0.2, 0) is 18.3 Å². The van der Waals surface area contributed by atoms with Crippen LogP contribution in [0.2, 0.25) is 0 Å². The van der Waals surface area contributed by atoms with Crippen molar-refractivity contribution in [2.75, 3.05) is 4.90 Å². The van der Waals surface area contributed by atoms with Crippen LogP contribution in [0.5, 0.6) is 0 Å². The summed E-state index contributed by atoms with van der Waals surface area (Å²) in [7, 11) is 0. The van der Waals surface area contributed by atoms with E-state index in [-0.39, 0.29) is 5.41 Å². The van der Waals surface area contributed by atoms with Gasteiger partial charge in [0.15, 0.2) is 0 Å². The zero-order valence-electron chi connectivity index (χ0n) is 25.4. The Morgan fingerprint density at radius 3 is 2.16 bits per heavy atom. The van der Waals surface area contributed by atoms with E-state index in [0.29, 0.717) is 0 Å². The van der Waals surface area contributed by atoms with Crippen molar-refractivity contribution >= 4 is 33.2 Å². The molecule has 43 heavy (non-hydrogen) atoms. The van der Waals surface area contributed by atoms with Gasteiger partial charge in [-0.3, -0.25) is 0 Å². The van der Waals surface area contributed by atoms with Crippen molar-refractivity contribution < 1.29 is 0 Å². The molecule has 0 unspecified atom stereocenters. The van der Waals surface area contributed by atoms with Crippen molar-refractivity contribution in [1.82, 2.24) is 4.57 Å². The molecular formula is C41H36N2. The molecule has 0 saturated carbocycles. The van der Waals surface area contributed by atoms with E-state index in [2.05, 4.69) is 159 Å². The lowest BCUT2D eigenvalue weighted by Crippen LogP contribution is -2.26. The number of rotatable bonds is 3. The molecule has 3 heterocycles. The van der Waals surface area contributed by atoms with Crippen LogP contribution >= 0.6 is 0 Å². The Labute approximate surface area is 254 Å². The largest absolute Gasteiger partial charge is 0.310 e. The number of anilines is 2. The number of aromatic nitrogens is 1. The lowest BCUT2D eigenvalue weighted by atomic mass is 9.75. The quantitative estimate of drug-likeness (QED) is 0.197. The van der Waals surface area contributed by atoms with Gasteiger partial charge >= 0.3 is 0 Å². The van der Waals surface area contributed by atoms with Gasteiger partial charge in [-0.15, -0.1) is 0 Å². The van der Waals surface area contributed by atoms with Gasteiger partial charge in [-0.1, -0.05) is 98.8 Å². The van der Waals surface area contributed by atoms with Gasteiger partial charge in [-0.25, -0.2) is 0 Å². The van der Waals surface area contributed by atoms with Crippen molar-refractivity contribution in [2.45, 2.75) is 46.0 Å². The average Bonchev–Trinajstić information content (AvgIpc) is 3.28. The van der Waals surface area contributed by atoms with Crippen LogP contribution < -0.4 is 4.90 Å². The SMILES string of the molecule is C/C=C\C(=C/C)N1c2ccccc2CCc2ccc(-c3ccc4c(c3)c3cccc5c3n4-c3ccccc3C5(C)C)cc21. The Bertz CT molecular complexity index is 2140. The Morgan fingerprint density at radius 2 is 1.35 bits per heavy atom. The van der Waals surface area contributed by atoms with Gasteiger partial charge in [-0.05, 0) is 96.5 Å². The van der Waals surface area contributed by atoms with E-state index in [9.17, 15) is 0 Å². The first kappa shape index (κ1) is 25.9. The minimum absolute atomic E-state index is 0.0580. The fourth-order valence-electron chi connectivity index (χ4n) is 7.60. The average molecular weight is 557 g/mol. The molecule has 0 spiro atoms. The molecule has 0 atom stereocenters. The molecule has 0 bridgehead atoms. The molecule has 0 aliphatic carbocycles. The summed E-state index contributed by atoms with van der Waals surface area (Å²) in [5.41, 5.74) is 15.6. The van der Waals surface area contributed by atoms with Crippen molar-refractivity contribution in [2.24, 2.45) is 0 Å². The number of hydrogen-bond acceptors (Lipinski definition) is 1. The van der Waals surface area contributed by atoms with Gasteiger partial charge in [0.05, 0.1) is 16.7 Å². The molecule has 2 aliphatic rings. The van der Waals surface area contributed by atoms with E-state index in [1.165, 1.54) is 77.9 Å². The summed E-state index contributed by atoms with van der Waals surface area (Å²) < 4.78 is 2.50. The summed E-state index contributed by atoms with van der Waals surface area (Å²) in [6, 6.07) is 38.8. The van der Waals surface area contributed by atoms with Crippen LogP contribution in [0.15, 0.2) is 127 Å². The van der Waals surface area contributed by atoms with Gasteiger partial charge in [0.25, 0.3) is 0 Å². The van der Waals surface area contributed by atoms with Crippen LogP contribution in [0.25, 0.3) is 38.6 Å². The number of allylic oxidation sites excluding steroid dienone is 3. The summed E-state index contributed by atoms with van der Waals surface area (Å²) in [6.45, 7) is 8.95. The summed E-state index contributed by atoms with van der Waals surface area (Å²) in [5, 5.41) is 2.63. The minimum atomic E-state index is -0.0580. The Balaban J connectivity index is 1.35. The smallest absolute Gasteiger partial charge is 0.0582 e. The first-order valence-corrected chi connectivity index (χ1v) is 15.5. The zero-order valence-corrected chi connectivity index (χ0v) is 25.4. The third kappa shape index (κ3) is 3.72. The number of hydrogen-bond donors (Lipinski definition) is 0. The molecular weight excluding hydrogens is 520 g/mol. The van der Waals surface area contributed by atoms with Crippen molar-refractivity contribution in [1.29, 1.82) is 0 Å². The maximum atomic E-state index is 2.50. The number of para-hydroxylation sites is 3. The molecule has 6 aromatic rings. The second kappa shape index (κ2) is 9.61. The van der Waals surface area contributed by atoms with Gasteiger partial charge in [0, 0.05) is 33.3 Å². The third-order valence-electron chi connectivity index (χ3n) is 9.73. The molecule has 1 aromatic heterocycles. The molecule has 2 aliphatic heterocycles. The highest BCUT2D eigenvalue weighted by atomic mass is 15.2. The number of nitrogens with zero attached hydrogens (tertiary/aromatic N) is 2. The minimum Gasteiger partial charge on any atom is -0.310 e. The zero-order chi connectivity index (χ0) is 29.3. The summed E-state index contributed by atoms with van der Waals surface area (Å²) >= 11 is 0. The molecule has 0 N–H and O–H groups in total. The molecule has 5 aromatic carbocycles. The monoisotopic (exact) mass is 556 g/mol. The molecule has 2 nitrogen and oxygen atoms in total.